The van der Waals surface area contributed by atoms with E-state index in [-0.39, 0.29) is 11.5 Å². The van der Waals surface area contributed by atoms with Crippen LogP contribution in [0.5, 0.6) is 34.5 Å². The maximum Gasteiger partial charge on any atom is 0.201 e. The number of pyridine rings is 1. The van der Waals surface area contributed by atoms with Gasteiger partial charge in [0.15, 0.2) is 11.6 Å². The summed E-state index contributed by atoms with van der Waals surface area (Å²) < 4.78 is 65.3. The second-order valence-corrected chi connectivity index (χ2v) is 21.6. The Morgan fingerprint density at radius 1 is 0.639 bits per heavy atom. The number of aromatic nitrogens is 6. The Balaban J connectivity index is 0.000000134. The van der Waals surface area contributed by atoms with Gasteiger partial charge in [0, 0.05) is 61.0 Å². The van der Waals surface area contributed by atoms with Crippen molar-refractivity contribution >= 4 is 65.1 Å². The van der Waals surface area contributed by atoms with Gasteiger partial charge in [0.1, 0.15) is 68.2 Å². The summed E-state index contributed by atoms with van der Waals surface area (Å²) in [5.41, 5.74) is 8.29. The highest BCUT2D eigenvalue weighted by atomic mass is 32.1. The van der Waals surface area contributed by atoms with Crippen LogP contribution in [0.3, 0.4) is 0 Å². The highest BCUT2D eigenvalue weighted by molar-refractivity contribution is 7.29. The van der Waals surface area contributed by atoms with Gasteiger partial charge in [0.25, 0.3) is 0 Å². The van der Waals surface area contributed by atoms with E-state index in [0.717, 1.165) is 124 Å². The molecule has 12 rings (SSSR count). The zero-order chi connectivity index (χ0) is 58.4. The summed E-state index contributed by atoms with van der Waals surface area (Å²) in [6, 6.07) is 43.8. The van der Waals surface area contributed by atoms with Crippen LogP contribution >= 0.6 is 22.7 Å². The molecule has 17 heteroatoms. The minimum Gasteiger partial charge on any atom is -0.506 e. The van der Waals surface area contributed by atoms with Crippen LogP contribution in [0.2, 0.25) is 0 Å². The third-order valence-corrected chi connectivity index (χ3v) is 15.9. The molecule has 6 heterocycles. The van der Waals surface area contributed by atoms with Gasteiger partial charge < -0.3 is 37.8 Å². The van der Waals surface area contributed by atoms with Crippen molar-refractivity contribution in [3.63, 3.8) is 0 Å². The number of fused-ring (bicyclic) bond motifs is 4. The lowest BCUT2D eigenvalue weighted by Crippen LogP contribution is -1.99. The zero-order valence-corrected chi connectivity index (χ0v) is 49.4. The van der Waals surface area contributed by atoms with Gasteiger partial charge in [-0.2, -0.15) is 4.39 Å². The lowest BCUT2D eigenvalue weighted by molar-refractivity contribution is 0.305. The average molecular weight is 1160 g/mol. The first-order chi connectivity index (χ1) is 40.4. The molecule has 0 amide bonds. The van der Waals surface area contributed by atoms with Crippen molar-refractivity contribution in [2.45, 2.75) is 66.2 Å². The molecule has 6 aromatic carbocycles. The molecule has 0 fully saturated rings. The number of phenolic OH excluding ortho intramolecular Hbond substituents is 1. The predicted octanol–water partition coefficient (Wildman–Crippen LogP) is 17.4. The highest BCUT2D eigenvalue weighted by Crippen LogP contribution is 2.41. The summed E-state index contributed by atoms with van der Waals surface area (Å²) in [7, 11) is 6.92. The number of rotatable bonds is 17. The van der Waals surface area contributed by atoms with Crippen LogP contribution < -0.4 is 23.7 Å². The molecule has 0 radical (unpaired) electrons. The molecule has 0 atom stereocenters. The molecule has 1 N–H and O–H groups in total. The standard InChI is InChI=1S/C21H24O3.C17H16F2OS2.C15H15N3O2.C13H11N3O/c1-3-4-5-6-13-23-19-12-9-17-14-20(24-21(17)15-19)16-7-10-18(22-2)11-8-16;1-3-5-10-8-14-15(21-10)9-13(22-14)11-6-7-12(20-4-2)17(19)16(11)18;1-18-13-6-7-16-9-12(13)17-15(18)11-5-4-10(19-2)8-14(11)20-3;1-9-6-7-13(17)12(8-9)16-14-10-4-2-3-5-11(10)15-16/h7-12,14-15H,3-6,13H2,1-2H3;6-9H,3-5H2,1-2H3;4-9H,1-3H3;2-8,17H,1H3. The second kappa shape index (κ2) is 27.8. The summed E-state index contributed by atoms with van der Waals surface area (Å²) in [4.78, 5) is 12.3. The zero-order valence-electron chi connectivity index (χ0n) is 47.7. The molecule has 0 aliphatic carbocycles. The summed E-state index contributed by atoms with van der Waals surface area (Å²) in [5.74, 6) is 3.28. The van der Waals surface area contributed by atoms with E-state index >= 15 is 0 Å². The first-order valence-electron chi connectivity index (χ1n) is 27.5. The number of phenols is 1. The van der Waals surface area contributed by atoms with Crippen LogP contribution in [0.1, 0.15) is 63.3 Å². The number of thiophene rings is 2. The first-order valence-corrected chi connectivity index (χ1v) is 29.1. The third-order valence-electron chi connectivity index (χ3n) is 13.5. The Bertz CT molecular complexity index is 4030. The average Bonchev–Trinajstić information content (AvgIpc) is 4.40. The van der Waals surface area contributed by atoms with Crippen molar-refractivity contribution in [2.24, 2.45) is 7.05 Å². The molecule has 428 valence electrons. The number of aryl methyl sites for hydroxylation is 3. The van der Waals surface area contributed by atoms with Gasteiger partial charge in [-0.1, -0.05) is 57.7 Å². The summed E-state index contributed by atoms with van der Waals surface area (Å²) >= 11 is 3.23. The van der Waals surface area contributed by atoms with Crippen LogP contribution in [0.15, 0.2) is 156 Å². The Hall–Kier alpha value is -8.80. The highest BCUT2D eigenvalue weighted by Gasteiger charge is 2.19. The van der Waals surface area contributed by atoms with E-state index in [0.29, 0.717) is 17.9 Å². The summed E-state index contributed by atoms with van der Waals surface area (Å²) in [6.45, 7) is 9.14. The van der Waals surface area contributed by atoms with Gasteiger partial charge >= 0.3 is 0 Å². The molecule has 12 aromatic rings. The normalized spacial score (nSPS) is 11.0. The van der Waals surface area contributed by atoms with Crippen LogP contribution in [0.25, 0.3) is 81.3 Å². The number of benzene rings is 6. The van der Waals surface area contributed by atoms with Crippen molar-refractivity contribution in [3.05, 3.63) is 174 Å². The van der Waals surface area contributed by atoms with Gasteiger partial charge in [-0.3, -0.25) is 4.98 Å². The minimum absolute atomic E-state index is 0.0349. The van der Waals surface area contributed by atoms with Crippen molar-refractivity contribution in [2.75, 3.05) is 34.5 Å². The van der Waals surface area contributed by atoms with Crippen molar-refractivity contribution < 1.29 is 42.0 Å². The maximum absolute atomic E-state index is 14.3. The van der Waals surface area contributed by atoms with E-state index in [1.807, 2.05) is 128 Å². The molecule has 13 nitrogen and oxygen atoms in total. The van der Waals surface area contributed by atoms with Crippen LogP contribution in [-0.4, -0.2) is 69.2 Å². The van der Waals surface area contributed by atoms with Crippen molar-refractivity contribution in [1.82, 2.24) is 29.5 Å². The number of methoxy groups -OCH3 is 3. The number of furan rings is 1. The minimum atomic E-state index is -0.914. The molecule has 0 spiro atoms. The number of nitrogens with zero attached hydrogens (tertiary/aromatic N) is 6. The molecule has 0 aliphatic rings. The van der Waals surface area contributed by atoms with Crippen molar-refractivity contribution in [1.29, 1.82) is 0 Å². The predicted molar refractivity (Wildman–Crippen MR) is 330 cm³/mol. The number of imidazole rings is 1. The molecule has 0 saturated carbocycles. The van der Waals surface area contributed by atoms with E-state index in [4.69, 9.17) is 28.1 Å². The molecule has 0 unspecified atom stereocenters. The quantitative estimate of drug-likeness (QED) is 0.0871. The fourth-order valence-corrected chi connectivity index (χ4v) is 11.7. The van der Waals surface area contributed by atoms with E-state index in [9.17, 15) is 13.9 Å². The molecule has 0 bridgehead atoms. The molecule has 0 aliphatic heterocycles. The Labute approximate surface area is 489 Å². The fourth-order valence-electron chi connectivity index (χ4n) is 9.13. The molecule has 6 aromatic heterocycles. The lowest BCUT2D eigenvalue weighted by Gasteiger charge is -2.10. The van der Waals surface area contributed by atoms with E-state index in [2.05, 4.69) is 46.1 Å². The number of hydrogen-bond acceptors (Lipinski definition) is 13. The number of hydrogen-bond donors (Lipinski definition) is 1. The monoisotopic (exact) mass is 1160 g/mol. The maximum atomic E-state index is 14.3. The first kappa shape index (κ1) is 58.8. The SMILES string of the molecule is CCCCCCOc1ccc2cc(-c3ccc(OC)cc3)oc2c1.CCCc1cc2sc(-c3ccc(OCC)c(F)c3F)cc2s1.COc1ccc(-c2nc3cnccc3n2C)c(OC)c1.Cc1ccc(O)c(-n2nc3ccccc3n2)c1. The lowest BCUT2D eigenvalue weighted by atomic mass is 10.1. The number of unbranched alkanes of at least 4 members (excludes halogenated alkanes) is 3. The van der Waals surface area contributed by atoms with E-state index in [1.165, 1.54) is 46.3 Å². The van der Waals surface area contributed by atoms with Crippen LogP contribution in [-0.2, 0) is 13.5 Å². The largest absolute Gasteiger partial charge is 0.506 e. The van der Waals surface area contributed by atoms with Gasteiger partial charge in [-0.25, -0.2) is 9.37 Å². The van der Waals surface area contributed by atoms with E-state index < -0.39 is 11.6 Å². The topological polar surface area (TPSA) is 141 Å². The van der Waals surface area contributed by atoms with Gasteiger partial charge in [-0.15, -0.1) is 37.7 Å². The number of ether oxygens (including phenoxy) is 5. The van der Waals surface area contributed by atoms with Gasteiger partial charge in [0.05, 0.1) is 51.8 Å². The smallest absolute Gasteiger partial charge is 0.201 e. The molecular formula is C66H66F2N6O7S2. The number of halogens is 2. The molecule has 83 heavy (non-hydrogen) atoms. The Morgan fingerprint density at radius 2 is 1.37 bits per heavy atom. The summed E-state index contributed by atoms with van der Waals surface area (Å²) in [6.07, 6.45) is 10.5. The molecule has 0 saturated heterocycles. The van der Waals surface area contributed by atoms with Crippen molar-refractivity contribution in [3.8, 4) is 73.3 Å². The van der Waals surface area contributed by atoms with E-state index in [1.54, 1.807) is 64.1 Å². The van der Waals surface area contributed by atoms with Gasteiger partial charge in [0.2, 0.25) is 5.82 Å². The Morgan fingerprint density at radius 3 is 2.07 bits per heavy atom. The third kappa shape index (κ3) is 14.1. The second-order valence-electron chi connectivity index (χ2n) is 19.3. The summed E-state index contributed by atoms with van der Waals surface area (Å²) in [5, 5.41) is 19.6. The van der Waals surface area contributed by atoms with Crippen LogP contribution in [0.4, 0.5) is 8.78 Å². The van der Waals surface area contributed by atoms with Gasteiger partial charge in [-0.05, 0) is 141 Å². The fraction of sp³-hybridized carbons (Fsp3) is 0.242. The van der Waals surface area contributed by atoms with Crippen LogP contribution in [0, 0.1) is 18.6 Å². The Kier molecular flexibility index (Phi) is 19.7. The number of aromatic hydroxyl groups is 1. The molecular weight excluding hydrogens is 1090 g/mol.